The summed E-state index contributed by atoms with van der Waals surface area (Å²) >= 11 is 5.89. The van der Waals surface area contributed by atoms with E-state index in [1.807, 2.05) is 0 Å². The van der Waals surface area contributed by atoms with Crippen molar-refractivity contribution in [1.29, 1.82) is 0 Å². The van der Waals surface area contributed by atoms with E-state index in [-0.39, 0.29) is 11.1 Å². The monoisotopic (exact) mass is 267 g/mol. The minimum absolute atomic E-state index is 0.149. The molecule has 1 amide bonds. The van der Waals surface area contributed by atoms with Crippen LogP contribution in [0.4, 0.5) is 5.69 Å². The highest BCUT2D eigenvalue weighted by Crippen LogP contribution is 2.44. The second kappa shape index (κ2) is 3.83. The minimum atomic E-state index is -0.685. The molecule has 1 aliphatic heterocycles. The number of hydrogen-bond donors (Lipinski definition) is 2. The number of anilines is 1. The minimum Gasteiger partial charge on any atom is -0.397 e. The van der Waals surface area contributed by atoms with E-state index in [2.05, 4.69) is 4.98 Å². The van der Waals surface area contributed by atoms with Gasteiger partial charge < -0.3 is 15.7 Å². The molecule has 2 fully saturated rings. The van der Waals surface area contributed by atoms with Gasteiger partial charge in [-0.15, -0.1) is 0 Å². The zero-order valence-electron chi connectivity index (χ0n) is 9.77. The first kappa shape index (κ1) is 11.7. The number of β-amino-alcohol motifs (C(OH)–C–C–N with tert-alkyl or cyclic N) is 1. The Balaban J connectivity index is 1.74. The lowest BCUT2D eigenvalue weighted by Crippen LogP contribution is -2.64. The van der Waals surface area contributed by atoms with Crippen LogP contribution in [0, 0.1) is 5.92 Å². The zero-order chi connectivity index (χ0) is 12.9. The predicted octanol–water partition coefficient (Wildman–Crippen LogP) is 0.914. The molecule has 1 saturated heterocycles. The van der Waals surface area contributed by atoms with Gasteiger partial charge in [0, 0.05) is 0 Å². The normalized spacial score (nSPS) is 21.6. The van der Waals surface area contributed by atoms with Crippen molar-refractivity contribution in [3.05, 3.63) is 23.0 Å². The van der Waals surface area contributed by atoms with Crippen LogP contribution in [-0.2, 0) is 0 Å². The van der Waals surface area contributed by atoms with Crippen LogP contribution in [0.25, 0.3) is 0 Å². The van der Waals surface area contributed by atoms with Crippen molar-refractivity contribution in [2.75, 3.05) is 18.8 Å². The number of nitrogen functional groups attached to an aromatic ring is 1. The van der Waals surface area contributed by atoms with E-state index in [0.29, 0.717) is 30.3 Å². The summed E-state index contributed by atoms with van der Waals surface area (Å²) in [4.78, 5) is 17.6. The Morgan fingerprint density at radius 1 is 1.56 bits per heavy atom. The van der Waals surface area contributed by atoms with Gasteiger partial charge >= 0.3 is 0 Å². The molecule has 0 unspecified atom stereocenters. The molecule has 0 radical (unpaired) electrons. The van der Waals surface area contributed by atoms with Crippen molar-refractivity contribution in [3.8, 4) is 0 Å². The number of nitrogens with zero attached hydrogens (tertiary/aromatic N) is 2. The second-order valence-electron chi connectivity index (χ2n) is 5.15. The molecule has 0 spiro atoms. The van der Waals surface area contributed by atoms with E-state index in [4.69, 9.17) is 17.3 Å². The summed E-state index contributed by atoms with van der Waals surface area (Å²) in [5.74, 6) is 0.140. The summed E-state index contributed by atoms with van der Waals surface area (Å²) in [6.07, 6.45) is 3.52. The van der Waals surface area contributed by atoms with Gasteiger partial charge in [-0.25, -0.2) is 4.98 Å². The molecule has 6 heteroatoms. The summed E-state index contributed by atoms with van der Waals surface area (Å²) in [6, 6.07) is 1.52. The van der Waals surface area contributed by atoms with Crippen molar-refractivity contribution >= 4 is 23.2 Å². The Morgan fingerprint density at radius 3 is 2.83 bits per heavy atom. The van der Waals surface area contributed by atoms with Crippen LogP contribution in [0.5, 0.6) is 0 Å². The first-order valence-electron chi connectivity index (χ1n) is 5.92. The van der Waals surface area contributed by atoms with Gasteiger partial charge in [0.25, 0.3) is 5.91 Å². The third kappa shape index (κ3) is 1.83. The lowest BCUT2D eigenvalue weighted by molar-refractivity contribution is -0.0958. The average Bonchev–Trinajstić information content (AvgIpc) is 3.11. The number of aromatic nitrogens is 1. The van der Waals surface area contributed by atoms with E-state index >= 15 is 0 Å². The fourth-order valence-corrected chi connectivity index (χ4v) is 2.61. The van der Waals surface area contributed by atoms with Crippen molar-refractivity contribution in [2.24, 2.45) is 5.92 Å². The maximum Gasteiger partial charge on any atom is 0.257 e. The molecule has 2 aliphatic rings. The van der Waals surface area contributed by atoms with Crippen LogP contribution in [0.2, 0.25) is 5.15 Å². The molecule has 3 N–H and O–H groups in total. The number of halogens is 1. The molecule has 2 heterocycles. The summed E-state index contributed by atoms with van der Waals surface area (Å²) < 4.78 is 0. The molecule has 5 nitrogen and oxygen atoms in total. The molecule has 0 aromatic carbocycles. The molecular formula is C12H14ClN3O2. The number of nitrogens with two attached hydrogens (primary N) is 1. The van der Waals surface area contributed by atoms with Crippen molar-refractivity contribution in [3.63, 3.8) is 0 Å². The molecular weight excluding hydrogens is 254 g/mol. The molecule has 96 valence electrons. The van der Waals surface area contributed by atoms with Crippen molar-refractivity contribution in [2.45, 2.75) is 18.4 Å². The number of aliphatic hydroxyl groups is 1. The topological polar surface area (TPSA) is 79.5 Å². The number of amides is 1. The van der Waals surface area contributed by atoms with Crippen LogP contribution < -0.4 is 5.73 Å². The molecule has 0 bridgehead atoms. The average molecular weight is 268 g/mol. The van der Waals surface area contributed by atoms with Gasteiger partial charge in [-0.3, -0.25) is 4.79 Å². The molecule has 1 aromatic rings. The van der Waals surface area contributed by atoms with Crippen molar-refractivity contribution in [1.82, 2.24) is 9.88 Å². The van der Waals surface area contributed by atoms with E-state index in [1.54, 1.807) is 4.90 Å². The smallest absolute Gasteiger partial charge is 0.257 e. The second-order valence-corrected chi connectivity index (χ2v) is 5.50. The number of carbonyl (C=O) groups excluding carboxylic acids is 1. The lowest BCUT2D eigenvalue weighted by atomic mass is 9.88. The third-order valence-corrected chi connectivity index (χ3v) is 3.95. The maximum atomic E-state index is 12.2. The van der Waals surface area contributed by atoms with Gasteiger partial charge in [0.1, 0.15) is 10.8 Å². The van der Waals surface area contributed by atoms with Gasteiger partial charge in [-0.05, 0) is 24.8 Å². The number of likely N-dealkylation sites (tertiary alicyclic amines) is 1. The Morgan fingerprint density at radius 2 is 2.22 bits per heavy atom. The Kier molecular flexibility index (Phi) is 2.50. The predicted molar refractivity (Wildman–Crippen MR) is 67.2 cm³/mol. The van der Waals surface area contributed by atoms with Crippen LogP contribution in [0.15, 0.2) is 12.3 Å². The van der Waals surface area contributed by atoms with E-state index in [9.17, 15) is 9.90 Å². The van der Waals surface area contributed by atoms with E-state index in [1.165, 1.54) is 12.3 Å². The molecule has 0 atom stereocenters. The van der Waals surface area contributed by atoms with Gasteiger partial charge in [-0.1, -0.05) is 11.6 Å². The molecule has 1 saturated carbocycles. The highest BCUT2D eigenvalue weighted by Gasteiger charge is 2.53. The first-order chi connectivity index (χ1) is 8.49. The fourth-order valence-electron chi connectivity index (χ4n) is 2.42. The fraction of sp³-hybridized carbons (Fsp3) is 0.500. The zero-order valence-corrected chi connectivity index (χ0v) is 10.5. The molecule has 1 aliphatic carbocycles. The lowest BCUT2D eigenvalue weighted by Gasteiger charge is -2.47. The third-order valence-electron chi connectivity index (χ3n) is 3.64. The van der Waals surface area contributed by atoms with Gasteiger partial charge in [0.15, 0.2) is 0 Å². The van der Waals surface area contributed by atoms with Gasteiger partial charge in [-0.2, -0.15) is 0 Å². The number of rotatable bonds is 2. The van der Waals surface area contributed by atoms with E-state index < -0.39 is 5.60 Å². The SMILES string of the molecule is Nc1cnc(Cl)c(C(=O)N2CC(O)(C3CC3)C2)c1. The van der Waals surface area contributed by atoms with Crippen LogP contribution in [0.3, 0.4) is 0 Å². The largest absolute Gasteiger partial charge is 0.397 e. The Bertz CT molecular complexity index is 510. The molecule has 1 aromatic heterocycles. The maximum absolute atomic E-state index is 12.2. The summed E-state index contributed by atoms with van der Waals surface area (Å²) in [5.41, 5.74) is 5.61. The molecule has 18 heavy (non-hydrogen) atoms. The van der Waals surface area contributed by atoms with Crippen molar-refractivity contribution < 1.29 is 9.90 Å². The van der Waals surface area contributed by atoms with Crippen LogP contribution >= 0.6 is 11.6 Å². The highest BCUT2D eigenvalue weighted by atomic mass is 35.5. The number of carbonyl (C=O) groups is 1. The number of hydrogen-bond acceptors (Lipinski definition) is 4. The Hall–Kier alpha value is -1.33. The summed E-state index contributed by atoms with van der Waals surface area (Å²) in [6.45, 7) is 0.753. The van der Waals surface area contributed by atoms with Gasteiger partial charge in [0.05, 0.1) is 30.5 Å². The van der Waals surface area contributed by atoms with Crippen LogP contribution in [0.1, 0.15) is 23.2 Å². The van der Waals surface area contributed by atoms with Crippen LogP contribution in [-0.4, -0.2) is 39.6 Å². The van der Waals surface area contributed by atoms with Gasteiger partial charge in [0.2, 0.25) is 0 Å². The summed E-state index contributed by atoms with van der Waals surface area (Å²) in [5, 5.41) is 10.3. The number of pyridine rings is 1. The standard InChI is InChI=1S/C12H14ClN3O2/c13-10-9(3-8(14)4-15-10)11(17)16-5-12(18,6-16)7-1-2-7/h3-4,7,18H,1-2,5-6,14H2. The highest BCUT2D eigenvalue weighted by molar-refractivity contribution is 6.32. The summed E-state index contributed by atoms with van der Waals surface area (Å²) in [7, 11) is 0. The molecule has 3 rings (SSSR count). The first-order valence-corrected chi connectivity index (χ1v) is 6.30. The quantitative estimate of drug-likeness (QED) is 0.781. The van der Waals surface area contributed by atoms with E-state index in [0.717, 1.165) is 12.8 Å². The Labute approximate surface area is 110 Å².